The number of hydrogen-bond acceptors (Lipinski definition) is 4. The van der Waals surface area contributed by atoms with Crippen LogP contribution in [0.4, 0.5) is 5.69 Å². The minimum Gasteiger partial charge on any atom is -0.354 e. The van der Waals surface area contributed by atoms with Crippen LogP contribution in [0.25, 0.3) is 0 Å². The fourth-order valence-corrected chi connectivity index (χ4v) is 5.76. The van der Waals surface area contributed by atoms with E-state index in [1.807, 2.05) is 13.8 Å². The lowest BCUT2D eigenvalue weighted by Gasteiger charge is -2.33. The van der Waals surface area contributed by atoms with E-state index in [0.717, 1.165) is 22.7 Å². The molecule has 0 saturated heterocycles. The summed E-state index contributed by atoms with van der Waals surface area (Å²) in [5.41, 5.74) is 1.04. The number of carbonyl (C=O) groups is 2. The van der Waals surface area contributed by atoms with E-state index in [1.165, 1.54) is 17.0 Å². The van der Waals surface area contributed by atoms with Crippen molar-refractivity contribution in [3.05, 3.63) is 94.5 Å². The number of benzene rings is 3. The predicted octanol–water partition coefficient (Wildman–Crippen LogP) is 5.91. The Morgan fingerprint density at radius 2 is 1.46 bits per heavy atom. The molecule has 0 fully saturated rings. The summed E-state index contributed by atoms with van der Waals surface area (Å²) in [5, 5.41) is 3.89. The normalized spacial score (nSPS) is 12.0. The van der Waals surface area contributed by atoms with E-state index in [4.69, 9.17) is 23.2 Å². The summed E-state index contributed by atoms with van der Waals surface area (Å²) in [6, 6.07) is 20.3. The molecule has 0 aromatic heterocycles. The number of carbonyl (C=O) groups excluding carboxylic acids is 2. The fourth-order valence-electron chi connectivity index (χ4n) is 4.07. The van der Waals surface area contributed by atoms with Crippen molar-refractivity contribution in [1.29, 1.82) is 0 Å². The summed E-state index contributed by atoms with van der Waals surface area (Å²) in [7, 11) is -4.12. The molecular formula is C29H33Cl2N3O4S. The Bertz CT molecular complexity index is 1340. The number of sulfonamides is 1. The third-order valence-electron chi connectivity index (χ3n) is 6.21. The van der Waals surface area contributed by atoms with Gasteiger partial charge in [-0.1, -0.05) is 73.8 Å². The number of nitrogens with zero attached hydrogens (tertiary/aromatic N) is 2. The van der Waals surface area contributed by atoms with E-state index < -0.39 is 28.5 Å². The smallest absolute Gasteiger partial charge is 0.264 e. The number of unbranched alkanes of at least 4 members (excludes halogenated alkanes) is 1. The van der Waals surface area contributed by atoms with Gasteiger partial charge < -0.3 is 10.2 Å². The third-order valence-corrected chi connectivity index (χ3v) is 8.50. The second kappa shape index (κ2) is 14.4. The number of nitrogens with one attached hydrogen (secondary N) is 1. The number of anilines is 1. The standard InChI is InChI=1S/C29H33Cl2N3O4S/c1-3-5-19-32-29(36)27(4-2)33(20-22-11-13-23(30)14-12-22)28(35)21-34(25-17-15-24(31)16-18-25)39(37,38)26-9-7-6-8-10-26/h6-18,27H,3-5,19-21H2,1-2H3,(H,32,36)/t27-/m1/s1. The first-order valence-electron chi connectivity index (χ1n) is 12.8. The first-order chi connectivity index (χ1) is 18.7. The molecule has 0 spiro atoms. The van der Waals surface area contributed by atoms with Crippen LogP contribution in [-0.4, -0.2) is 44.3 Å². The van der Waals surface area contributed by atoms with Crippen molar-refractivity contribution in [3.8, 4) is 0 Å². The van der Waals surface area contributed by atoms with Crippen molar-refractivity contribution in [3.63, 3.8) is 0 Å². The van der Waals surface area contributed by atoms with Gasteiger partial charge in [0.15, 0.2) is 0 Å². The number of halogens is 2. The monoisotopic (exact) mass is 589 g/mol. The van der Waals surface area contributed by atoms with E-state index in [-0.39, 0.29) is 23.0 Å². The molecule has 208 valence electrons. The van der Waals surface area contributed by atoms with Crippen LogP contribution in [-0.2, 0) is 26.2 Å². The van der Waals surface area contributed by atoms with Gasteiger partial charge in [0.25, 0.3) is 10.0 Å². The van der Waals surface area contributed by atoms with Crippen molar-refractivity contribution in [2.75, 3.05) is 17.4 Å². The van der Waals surface area contributed by atoms with Crippen LogP contribution in [0.1, 0.15) is 38.7 Å². The highest BCUT2D eigenvalue weighted by molar-refractivity contribution is 7.92. The number of amides is 2. The molecule has 0 aliphatic rings. The lowest BCUT2D eigenvalue weighted by Crippen LogP contribution is -2.52. The Hall–Kier alpha value is -3.07. The van der Waals surface area contributed by atoms with Gasteiger partial charge >= 0.3 is 0 Å². The summed E-state index contributed by atoms with van der Waals surface area (Å²) >= 11 is 12.1. The van der Waals surface area contributed by atoms with E-state index in [2.05, 4.69) is 5.32 Å². The second-order valence-electron chi connectivity index (χ2n) is 9.02. The minimum atomic E-state index is -4.12. The summed E-state index contributed by atoms with van der Waals surface area (Å²) in [6.07, 6.45) is 2.08. The maximum absolute atomic E-state index is 14.0. The van der Waals surface area contributed by atoms with Gasteiger partial charge in [-0.15, -0.1) is 0 Å². The largest absolute Gasteiger partial charge is 0.354 e. The van der Waals surface area contributed by atoms with E-state index in [0.29, 0.717) is 23.0 Å². The molecule has 7 nitrogen and oxygen atoms in total. The molecule has 10 heteroatoms. The topological polar surface area (TPSA) is 86.8 Å². The molecule has 3 rings (SSSR count). The number of hydrogen-bond donors (Lipinski definition) is 1. The highest BCUT2D eigenvalue weighted by atomic mass is 35.5. The average molecular weight is 591 g/mol. The maximum atomic E-state index is 14.0. The van der Waals surface area contributed by atoms with Gasteiger partial charge in [0.1, 0.15) is 12.6 Å². The molecule has 0 unspecified atom stereocenters. The van der Waals surface area contributed by atoms with Crippen LogP contribution in [0.2, 0.25) is 10.0 Å². The quantitative estimate of drug-likeness (QED) is 0.251. The predicted molar refractivity (Wildman–Crippen MR) is 156 cm³/mol. The van der Waals surface area contributed by atoms with Crippen LogP contribution >= 0.6 is 23.2 Å². The van der Waals surface area contributed by atoms with Crippen molar-refractivity contribution in [1.82, 2.24) is 10.2 Å². The van der Waals surface area contributed by atoms with Crippen LogP contribution in [0.5, 0.6) is 0 Å². The Kier molecular flexibility index (Phi) is 11.2. The Morgan fingerprint density at radius 1 is 0.872 bits per heavy atom. The minimum absolute atomic E-state index is 0.0429. The SMILES string of the molecule is CCCCNC(=O)[C@@H](CC)N(Cc1ccc(Cl)cc1)C(=O)CN(c1ccc(Cl)cc1)S(=O)(=O)c1ccccc1. The van der Waals surface area contributed by atoms with Gasteiger partial charge in [-0.05, 0) is 66.9 Å². The van der Waals surface area contributed by atoms with Gasteiger partial charge in [-0.2, -0.15) is 0 Å². The van der Waals surface area contributed by atoms with Crippen LogP contribution in [0.15, 0.2) is 83.8 Å². The summed E-state index contributed by atoms with van der Waals surface area (Å²) in [6.45, 7) is 3.94. The van der Waals surface area contributed by atoms with Crippen molar-refractivity contribution < 1.29 is 18.0 Å². The van der Waals surface area contributed by atoms with Crippen molar-refractivity contribution in [2.45, 2.75) is 50.6 Å². The lowest BCUT2D eigenvalue weighted by atomic mass is 10.1. The van der Waals surface area contributed by atoms with Crippen LogP contribution in [0, 0.1) is 0 Å². The molecule has 1 N–H and O–H groups in total. The highest BCUT2D eigenvalue weighted by Gasteiger charge is 2.33. The molecule has 3 aromatic rings. The van der Waals surface area contributed by atoms with E-state index in [1.54, 1.807) is 66.7 Å². The van der Waals surface area contributed by atoms with E-state index in [9.17, 15) is 18.0 Å². The molecule has 0 saturated carbocycles. The molecule has 0 heterocycles. The molecular weight excluding hydrogens is 557 g/mol. The Labute approximate surface area is 240 Å². The third kappa shape index (κ3) is 8.21. The number of rotatable bonds is 13. The van der Waals surface area contributed by atoms with Crippen LogP contribution in [0.3, 0.4) is 0 Å². The summed E-state index contributed by atoms with van der Waals surface area (Å²) in [4.78, 5) is 28.6. The zero-order valence-electron chi connectivity index (χ0n) is 22.0. The van der Waals surface area contributed by atoms with Crippen LogP contribution < -0.4 is 9.62 Å². The Balaban J connectivity index is 2.01. The average Bonchev–Trinajstić information content (AvgIpc) is 2.93. The molecule has 0 aliphatic heterocycles. The first kappa shape index (κ1) is 30.5. The molecule has 2 amide bonds. The zero-order valence-corrected chi connectivity index (χ0v) is 24.3. The van der Waals surface area contributed by atoms with Gasteiger partial charge in [0.05, 0.1) is 10.6 Å². The molecule has 3 aromatic carbocycles. The molecule has 0 bridgehead atoms. The van der Waals surface area contributed by atoms with Gasteiger partial charge in [-0.25, -0.2) is 8.42 Å². The highest BCUT2D eigenvalue weighted by Crippen LogP contribution is 2.26. The van der Waals surface area contributed by atoms with Crippen molar-refractivity contribution in [2.24, 2.45) is 0 Å². The molecule has 39 heavy (non-hydrogen) atoms. The second-order valence-corrected chi connectivity index (χ2v) is 11.8. The molecule has 0 aliphatic carbocycles. The molecule has 0 radical (unpaired) electrons. The van der Waals surface area contributed by atoms with Gasteiger partial charge in [-0.3, -0.25) is 13.9 Å². The Morgan fingerprint density at radius 3 is 2.03 bits per heavy atom. The summed E-state index contributed by atoms with van der Waals surface area (Å²) < 4.78 is 28.5. The van der Waals surface area contributed by atoms with Gasteiger partial charge in [0, 0.05) is 23.1 Å². The van der Waals surface area contributed by atoms with Crippen molar-refractivity contribution >= 4 is 50.7 Å². The zero-order chi connectivity index (χ0) is 28.4. The maximum Gasteiger partial charge on any atom is 0.264 e. The van der Waals surface area contributed by atoms with Gasteiger partial charge in [0.2, 0.25) is 11.8 Å². The van der Waals surface area contributed by atoms with E-state index >= 15 is 0 Å². The summed E-state index contributed by atoms with van der Waals surface area (Å²) in [5.74, 6) is -0.797. The molecule has 1 atom stereocenters. The lowest BCUT2D eigenvalue weighted by molar-refractivity contribution is -0.140. The fraction of sp³-hybridized carbons (Fsp3) is 0.310. The first-order valence-corrected chi connectivity index (χ1v) is 15.0.